The molecular formula is C20H20N4O3S2. The number of aryl methyl sites for hydroxylation is 1. The zero-order chi connectivity index (χ0) is 20.4. The van der Waals surface area contributed by atoms with Gasteiger partial charge in [-0.3, -0.25) is 9.52 Å². The maximum absolute atomic E-state index is 12.7. The lowest BCUT2D eigenvalue weighted by Gasteiger charge is -2.16. The van der Waals surface area contributed by atoms with E-state index in [2.05, 4.69) is 15.0 Å². The molecule has 1 aromatic heterocycles. The summed E-state index contributed by atoms with van der Waals surface area (Å²) < 4.78 is 28.1. The lowest BCUT2D eigenvalue weighted by molar-refractivity contribution is -0.117. The van der Waals surface area contributed by atoms with Gasteiger partial charge in [0.1, 0.15) is 0 Å². The second-order valence-corrected chi connectivity index (χ2v) is 9.29. The molecule has 1 fully saturated rings. The number of nitrogens with zero attached hydrogens (tertiary/aromatic N) is 2. The SMILES string of the molecule is Cc1csc(Nc2cccc(NS(=O)(=O)c3ccc(N4CCCC4=O)cc3)c2)n1. The van der Waals surface area contributed by atoms with Crippen molar-refractivity contribution in [2.24, 2.45) is 0 Å². The first-order valence-corrected chi connectivity index (χ1v) is 11.5. The predicted octanol–water partition coefficient (Wildman–Crippen LogP) is 4.12. The molecule has 0 spiro atoms. The van der Waals surface area contributed by atoms with Gasteiger partial charge in [-0.2, -0.15) is 0 Å². The van der Waals surface area contributed by atoms with Crippen LogP contribution < -0.4 is 14.9 Å². The van der Waals surface area contributed by atoms with E-state index in [-0.39, 0.29) is 10.8 Å². The molecule has 0 bridgehead atoms. The third-order valence-electron chi connectivity index (χ3n) is 4.52. The van der Waals surface area contributed by atoms with E-state index in [4.69, 9.17) is 0 Å². The molecule has 1 amide bonds. The zero-order valence-corrected chi connectivity index (χ0v) is 17.4. The summed E-state index contributed by atoms with van der Waals surface area (Å²) in [7, 11) is -3.75. The lowest BCUT2D eigenvalue weighted by Crippen LogP contribution is -2.23. The van der Waals surface area contributed by atoms with Crippen molar-refractivity contribution in [2.45, 2.75) is 24.7 Å². The molecule has 0 saturated carbocycles. The molecule has 150 valence electrons. The highest BCUT2D eigenvalue weighted by Gasteiger charge is 2.22. The fraction of sp³-hybridized carbons (Fsp3) is 0.200. The number of amides is 1. The number of sulfonamides is 1. The number of nitrogens with one attached hydrogen (secondary N) is 2. The van der Waals surface area contributed by atoms with Crippen LogP contribution in [0.3, 0.4) is 0 Å². The Morgan fingerprint density at radius 1 is 1.10 bits per heavy atom. The van der Waals surface area contributed by atoms with Crippen LogP contribution in [-0.2, 0) is 14.8 Å². The van der Waals surface area contributed by atoms with E-state index in [0.717, 1.165) is 28.6 Å². The molecule has 0 aliphatic carbocycles. The lowest BCUT2D eigenvalue weighted by atomic mass is 10.3. The molecule has 9 heteroatoms. The fourth-order valence-electron chi connectivity index (χ4n) is 3.14. The van der Waals surface area contributed by atoms with Gasteiger partial charge in [0.05, 0.1) is 16.3 Å². The molecule has 2 aromatic carbocycles. The zero-order valence-electron chi connectivity index (χ0n) is 15.8. The van der Waals surface area contributed by atoms with Crippen LogP contribution in [0.5, 0.6) is 0 Å². The summed E-state index contributed by atoms with van der Waals surface area (Å²) in [6.45, 7) is 2.58. The van der Waals surface area contributed by atoms with Crippen molar-refractivity contribution in [3.8, 4) is 0 Å². The number of anilines is 4. The number of hydrogen-bond donors (Lipinski definition) is 2. The number of carbonyl (C=O) groups excluding carboxylic acids is 1. The first-order chi connectivity index (χ1) is 13.9. The van der Waals surface area contributed by atoms with Crippen molar-refractivity contribution in [2.75, 3.05) is 21.5 Å². The van der Waals surface area contributed by atoms with Gasteiger partial charge in [0.15, 0.2) is 5.13 Å². The van der Waals surface area contributed by atoms with Crippen LogP contribution in [0.15, 0.2) is 58.8 Å². The van der Waals surface area contributed by atoms with Gasteiger partial charge in [-0.05, 0) is 55.8 Å². The minimum atomic E-state index is -3.75. The van der Waals surface area contributed by atoms with E-state index in [0.29, 0.717) is 18.7 Å². The van der Waals surface area contributed by atoms with Gasteiger partial charge in [-0.15, -0.1) is 11.3 Å². The van der Waals surface area contributed by atoms with Crippen molar-refractivity contribution in [1.82, 2.24) is 4.98 Å². The smallest absolute Gasteiger partial charge is 0.261 e. The predicted molar refractivity (Wildman–Crippen MR) is 115 cm³/mol. The van der Waals surface area contributed by atoms with Crippen molar-refractivity contribution in [1.29, 1.82) is 0 Å². The topological polar surface area (TPSA) is 91.4 Å². The number of rotatable bonds is 6. The summed E-state index contributed by atoms with van der Waals surface area (Å²) in [4.78, 5) is 18.0. The minimum Gasteiger partial charge on any atom is -0.331 e. The largest absolute Gasteiger partial charge is 0.331 e. The van der Waals surface area contributed by atoms with Crippen molar-refractivity contribution in [3.63, 3.8) is 0 Å². The van der Waals surface area contributed by atoms with Crippen LogP contribution in [0, 0.1) is 6.92 Å². The van der Waals surface area contributed by atoms with Gasteiger partial charge in [0, 0.05) is 29.7 Å². The van der Waals surface area contributed by atoms with Crippen LogP contribution in [0.2, 0.25) is 0 Å². The Balaban J connectivity index is 1.49. The Kier molecular flexibility index (Phi) is 5.25. The Labute approximate surface area is 173 Å². The second kappa shape index (κ2) is 7.84. The Bertz CT molecular complexity index is 1140. The normalized spacial score (nSPS) is 14.2. The molecule has 0 unspecified atom stereocenters. The van der Waals surface area contributed by atoms with E-state index in [9.17, 15) is 13.2 Å². The van der Waals surface area contributed by atoms with Crippen molar-refractivity contribution in [3.05, 3.63) is 59.6 Å². The highest BCUT2D eigenvalue weighted by atomic mass is 32.2. The number of aromatic nitrogens is 1. The van der Waals surface area contributed by atoms with Crippen molar-refractivity contribution < 1.29 is 13.2 Å². The molecule has 1 saturated heterocycles. The highest BCUT2D eigenvalue weighted by molar-refractivity contribution is 7.92. The number of carbonyl (C=O) groups is 1. The van der Waals surface area contributed by atoms with E-state index < -0.39 is 10.0 Å². The quantitative estimate of drug-likeness (QED) is 0.616. The average molecular weight is 429 g/mol. The Morgan fingerprint density at radius 3 is 2.52 bits per heavy atom. The van der Waals surface area contributed by atoms with E-state index in [1.165, 1.54) is 23.5 Å². The molecule has 4 rings (SSSR count). The first-order valence-electron chi connectivity index (χ1n) is 9.13. The molecule has 29 heavy (non-hydrogen) atoms. The second-order valence-electron chi connectivity index (χ2n) is 6.75. The van der Waals surface area contributed by atoms with Gasteiger partial charge in [-0.25, -0.2) is 13.4 Å². The summed E-state index contributed by atoms with van der Waals surface area (Å²) in [6.07, 6.45) is 1.36. The Morgan fingerprint density at radius 2 is 1.86 bits per heavy atom. The van der Waals surface area contributed by atoms with Crippen LogP contribution in [-0.4, -0.2) is 25.9 Å². The van der Waals surface area contributed by atoms with Gasteiger partial charge < -0.3 is 10.2 Å². The molecular weight excluding hydrogens is 408 g/mol. The average Bonchev–Trinajstić information content (AvgIpc) is 3.30. The monoisotopic (exact) mass is 428 g/mol. The van der Waals surface area contributed by atoms with Gasteiger partial charge in [0.2, 0.25) is 5.91 Å². The van der Waals surface area contributed by atoms with Gasteiger partial charge in [0.25, 0.3) is 10.0 Å². The minimum absolute atomic E-state index is 0.0680. The molecule has 1 aliphatic heterocycles. The molecule has 0 radical (unpaired) electrons. The molecule has 0 atom stereocenters. The number of hydrogen-bond acceptors (Lipinski definition) is 6. The maximum atomic E-state index is 12.7. The summed E-state index contributed by atoms with van der Waals surface area (Å²) in [6, 6.07) is 13.4. The van der Waals surface area contributed by atoms with E-state index in [1.807, 2.05) is 18.4 Å². The molecule has 2 heterocycles. The molecule has 2 N–H and O–H groups in total. The first kappa shape index (κ1) is 19.4. The molecule has 3 aromatic rings. The number of benzene rings is 2. The standard InChI is InChI=1S/C20H20N4O3S2/c1-14-13-28-20(21-14)22-15-4-2-5-16(12-15)23-29(26,27)18-9-7-17(8-10-18)24-11-3-6-19(24)25/h2,4-5,7-10,12-13,23H,3,6,11H2,1H3,(H,21,22). The summed E-state index contributed by atoms with van der Waals surface area (Å²) in [5.41, 5.74) is 2.83. The van der Waals surface area contributed by atoms with Gasteiger partial charge in [-0.1, -0.05) is 6.07 Å². The Hall–Kier alpha value is -2.91. The summed E-state index contributed by atoms with van der Waals surface area (Å²) in [5, 5.41) is 5.85. The van der Waals surface area contributed by atoms with E-state index in [1.54, 1.807) is 35.2 Å². The number of thiazole rings is 1. The fourth-order valence-corrected chi connectivity index (χ4v) is 4.89. The summed E-state index contributed by atoms with van der Waals surface area (Å²) >= 11 is 1.48. The maximum Gasteiger partial charge on any atom is 0.261 e. The third kappa shape index (κ3) is 4.41. The van der Waals surface area contributed by atoms with Gasteiger partial charge >= 0.3 is 0 Å². The van der Waals surface area contributed by atoms with E-state index >= 15 is 0 Å². The highest BCUT2D eigenvalue weighted by Crippen LogP contribution is 2.26. The van der Waals surface area contributed by atoms with Crippen LogP contribution in [0.25, 0.3) is 0 Å². The summed E-state index contributed by atoms with van der Waals surface area (Å²) in [5.74, 6) is 0.0680. The van der Waals surface area contributed by atoms with Crippen LogP contribution >= 0.6 is 11.3 Å². The van der Waals surface area contributed by atoms with Crippen LogP contribution in [0.4, 0.5) is 22.2 Å². The molecule has 1 aliphatic rings. The molecule has 7 nitrogen and oxygen atoms in total. The van der Waals surface area contributed by atoms with Crippen molar-refractivity contribution >= 4 is 49.5 Å². The van der Waals surface area contributed by atoms with Crippen LogP contribution in [0.1, 0.15) is 18.5 Å². The third-order valence-corrected chi connectivity index (χ3v) is 6.79.